The molecule has 10 heteroatoms. The maximum Gasteiger partial charge on any atom is 0.327 e. The maximum absolute atomic E-state index is 12.3. The van der Waals surface area contributed by atoms with Crippen LogP contribution < -0.4 is 25.6 Å². The van der Waals surface area contributed by atoms with Gasteiger partial charge in [0.15, 0.2) is 0 Å². The molecule has 0 aliphatic carbocycles. The fraction of sp³-hybridized carbons (Fsp3) is 0.391. The zero-order valence-electron chi connectivity index (χ0n) is 19.4. The summed E-state index contributed by atoms with van der Waals surface area (Å²) < 4.78 is 32.9. The van der Waals surface area contributed by atoms with Crippen LogP contribution in [0, 0.1) is 13.8 Å². The highest BCUT2D eigenvalue weighted by Gasteiger charge is 2.14. The minimum Gasteiger partial charge on any atom is -0.493 e. The summed E-state index contributed by atoms with van der Waals surface area (Å²) in [6.45, 7) is 7.94. The van der Waals surface area contributed by atoms with Crippen molar-refractivity contribution in [3.63, 3.8) is 0 Å². The molecule has 9 nitrogen and oxygen atoms in total. The first kappa shape index (κ1) is 26.0. The quantitative estimate of drug-likeness (QED) is 0.224. The Morgan fingerprint density at radius 3 is 2.24 bits per heavy atom. The molecule has 0 heterocycles. The number of benzene rings is 2. The van der Waals surface area contributed by atoms with Crippen LogP contribution in [0.15, 0.2) is 42.5 Å². The summed E-state index contributed by atoms with van der Waals surface area (Å²) in [5.41, 5.74) is 8.00. The van der Waals surface area contributed by atoms with Crippen molar-refractivity contribution in [1.29, 1.82) is 0 Å². The van der Waals surface area contributed by atoms with Gasteiger partial charge in [-0.05, 0) is 76.4 Å². The topological polar surface area (TPSA) is 126 Å². The average Bonchev–Trinajstić information content (AvgIpc) is 2.73. The van der Waals surface area contributed by atoms with E-state index in [1.807, 2.05) is 32.0 Å². The van der Waals surface area contributed by atoms with E-state index in [1.165, 1.54) is 5.56 Å². The van der Waals surface area contributed by atoms with E-state index in [2.05, 4.69) is 20.9 Å². The van der Waals surface area contributed by atoms with E-state index in [9.17, 15) is 18.0 Å². The highest BCUT2D eigenvalue weighted by atomic mass is 32.2. The van der Waals surface area contributed by atoms with Gasteiger partial charge in [-0.15, -0.1) is 0 Å². The van der Waals surface area contributed by atoms with E-state index in [0.29, 0.717) is 30.8 Å². The molecule has 0 aliphatic heterocycles. The van der Waals surface area contributed by atoms with E-state index < -0.39 is 21.8 Å². The second-order valence-corrected chi connectivity index (χ2v) is 9.87. The van der Waals surface area contributed by atoms with E-state index in [1.54, 1.807) is 38.1 Å². The Hall–Kier alpha value is -3.27. The number of sulfonamides is 1. The van der Waals surface area contributed by atoms with Crippen LogP contribution >= 0.6 is 0 Å². The van der Waals surface area contributed by atoms with Crippen LogP contribution in [-0.4, -0.2) is 38.6 Å². The van der Waals surface area contributed by atoms with Crippen molar-refractivity contribution in [2.75, 3.05) is 22.5 Å². The molecular formula is C23H32N4O5S. The lowest BCUT2D eigenvalue weighted by Crippen LogP contribution is -2.44. The van der Waals surface area contributed by atoms with Crippen LogP contribution in [0.3, 0.4) is 0 Å². The fourth-order valence-electron chi connectivity index (χ4n) is 2.90. The predicted octanol–water partition coefficient (Wildman–Crippen LogP) is 2.87. The molecule has 0 aromatic heterocycles. The zero-order chi connectivity index (χ0) is 24.4. The van der Waals surface area contributed by atoms with E-state index in [-0.39, 0.29) is 11.8 Å². The molecule has 0 unspecified atom stereocenters. The molecule has 2 amide bonds. The smallest absolute Gasteiger partial charge is 0.327 e. The Morgan fingerprint density at radius 2 is 1.61 bits per heavy atom. The first-order valence-electron chi connectivity index (χ1n) is 10.7. The molecule has 0 fully saturated rings. The van der Waals surface area contributed by atoms with Crippen molar-refractivity contribution in [2.45, 2.75) is 46.6 Å². The first-order valence-corrected chi connectivity index (χ1v) is 12.4. The van der Waals surface area contributed by atoms with Gasteiger partial charge < -0.3 is 10.1 Å². The number of hydrogen-bond donors (Lipinski definition) is 4. The number of aryl methyl sites for hydroxylation is 2. The van der Waals surface area contributed by atoms with Crippen molar-refractivity contribution in [3.05, 3.63) is 53.6 Å². The highest BCUT2D eigenvalue weighted by Crippen LogP contribution is 2.19. The van der Waals surface area contributed by atoms with Crippen molar-refractivity contribution < 1.29 is 22.7 Å². The van der Waals surface area contributed by atoms with Gasteiger partial charge in [0.05, 0.1) is 18.0 Å². The fourth-order valence-corrected chi connectivity index (χ4v) is 4.08. The van der Waals surface area contributed by atoms with Crippen LogP contribution in [0.5, 0.6) is 5.75 Å². The maximum atomic E-state index is 12.3. The largest absolute Gasteiger partial charge is 0.493 e. The SMILES string of the molecule is Cc1ccc(OCCCCS(=O)(=O)Nc2ccc(NNC(=O)C(=O)NC(C)C)cc2)c(C)c1. The number of ether oxygens (including phenoxy) is 1. The van der Waals surface area contributed by atoms with Gasteiger partial charge in [-0.1, -0.05) is 17.7 Å². The van der Waals surface area contributed by atoms with Crippen LogP contribution in [0.4, 0.5) is 11.4 Å². The number of carbonyl (C=O) groups excluding carboxylic acids is 2. The number of hydrazine groups is 1. The molecule has 4 N–H and O–H groups in total. The van der Waals surface area contributed by atoms with Crippen molar-refractivity contribution >= 4 is 33.2 Å². The number of nitrogens with one attached hydrogen (secondary N) is 4. The molecule has 0 bridgehead atoms. The first-order chi connectivity index (χ1) is 15.6. The summed E-state index contributed by atoms with van der Waals surface area (Å²) >= 11 is 0. The van der Waals surface area contributed by atoms with Gasteiger partial charge in [-0.3, -0.25) is 25.2 Å². The van der Waals surface area contributed by atoms with Gasteiger partial charge in [0.1, 0.15) is 5.75 Å². The van der Waals surface area contributed by atoms with Gasteiger partial charge in [0, 0.05) is 11.7 Å². The number of carbonyl (C=O) groups is 2. The molecule has 2 rings (SSSR count). The molecule has 0 saturated carbocycles. The molecular weight excluding hydrogens is 444 g/mol. The van der Waals surface area contributed by atoms with Gasteiger partial charge >= 0.3 is 11.8 Å². The Kier molecular flexibility index (Phi) is 9.53. The summed E-state index contributed by atoms with van der Waals surface area (Å²) in [4.78, 5) is 23.2. The summed E-state index contributed by atoms with van der Waals surface area (Å²) in [6, 6.07) is 12.1. The molecule has 2 aromatic carbocycles. The molecule has 0 aliphatic rings. The third-order valence-electron chi connectivity index (χ3n) is 4.50. The van der Waals surface area contributed by atoms with E-state index in [4.69, 9.17) is 4.74 Å². The summed E-state index contributed by atoms with van der Waals surface area (Å²) in [7, 11) is -3.50. The predicted molar refractivity (Wildman–Crippen MR) is 130 cm³/mol. The zero-order valence-corrected chi connectivity index (χ0v) is 20.2. The minimum atomic E-state index is -3.50. The summed E-state index contributed by atoms with van der Waals surface area (Å²) in [5.74, 6) is -0.784. The Bertz CT molecular complexity index is 1050. The van der Waals surface area contributed by atoms with Crippen LogP contribution in [0.1, 0.15) is 37.8 Å². The standard InChI is InChI=1S/C23H32N4O5S/c1-16(2)24-22(28)23(29)26-25-19-8-10-20(11-9-19)27-33(30,31)14-6-5-13-32-21-12-7-17(3)15-18(21)4/h7-12,15-16,25,27H,5-6,13-14H2,1-4H3,(H,24,28)(H,26,29). The normalized spacial score (nSPS) is 11.1. The molecule has 0 atom stereocenters. The number of rotatable bonds is 11. The second-order valence-electron chi connectivity index (χ2n) is 8.03. The Labute approximate surface area is 195 Å². The Balaban J connectivity index is 1.73. The van der Waals surface area contributed by atoms with Gasteiger partial charge in [0.25, 0.3) is 0 Å². The number of unbranched alkanes of at least 4 members (excludes halogenated alkanes) is 1. The van der Waals surface area contributed by atoms with Crippen LogP contribution in [0.25, 0.3) is 0 Å². The van der Waals surface area contributed by atoms with Crippen LogP contribution in [0.2, 0.25) is 0 Å². The Morgan fingerprint density at radius 1 is 0.939 bits per heavy atom. The monoisotopic (exact) mass is 476 g/mol. The number of amides is 2. The van der Waals surface area contributed by atoms with Crippen molar-refractivity contribution in [3.8, 4) is 5.75 Å². The van der Waals surface area contributed by atoms with Crippen molar-refractivity contribution in [2.24, 2.45) is 0 Å². The molecule has 2 aromatic rings. The molecule has 0 radical (unpaired) electrons. The van der Waals surface area contributed by atoms with Gasteiger partial charge in [0.2, 0.25) is 10.0 Å². The lowest BCUT2D eigenvalue weighted by molar-refractivity contribution is -0.139. The third-order valence-corrected chi connectivity index (χ3v) is 5.87. The molecule has 0 spiro atoms. The molecule has 0 saturated heterocycles. The second kappa shape index (κ2) is 12.1. The number of hydrogen-bond acceptors (Lipinski definition) is 6. The van der Waals surface area contributed by atoms with Gasteiger partial charge in [-0.2, -0.15) is 0 Å². The van der Waals surface area contributed by atoms with E-state index in [0.717, 1.165) is 11.3 Å². The third kappa shape index (κ3) is 9.40. The lowest BCUT2D eigenvalue weighted by atomic mass is 10.1. The molecule has 180 valence electrons. The number of anilines is 2. The average molecular weight is 477 g/mol. The minimum absolute atomic E-state index is 0.0236. The van der Waals surface area contributed by atoms with Crippen molar-refractivity contribution in [1.82, 2.24) is 10.7 Å². The molecule has 33 heavy (non-hydrogen) atoms. The summed E-state index contributed by atoms with van der Waals surface area (Å²) in [6.07, 6.45) is 1.07. The van der Waals surface area contributed by atoms with Gasteiger partial charge in [-0.25, -0.2) is 8.42 Å². The van der Waals surface area contributed by atoms with Crippen LogP contribution in [-0.2, 0) is 19.6 Å². The lowest BCUT2D eigenvalue weighted by Gasteiger charge is -2.12. The summed E-state index contributed by atoms with van der Waals surface area (Å²) in [5, 5.41) is 2.48. The van der Waals surface area contributed by atoms with E-state index >= 15 is 0 Å². The highest BCUT2D eigenvalue weighted by molar-refractivity contribution is 7.92.